The smallest absolute Gasteiger partial charge is 0.220 e. The molecule has 0 aliphatic rings. The summed E-state index contributed by atoms with van der Waals surface area (Å²) in [6, 6.07) is -0.0686. The van der Waals surface area contributed by atoms with E-state index in [4.69, 9.17) is 0 Å². The fourth-order valence-electron chi connectivity index (χ4n) is 8.87. The number of amides is 1. The van der Waals surface area contributed by atoms with Crippen LogP contribution in [0.3, 0.4) is 0 Å². The van der Waals surface area contributed by atoms with Gasteiger partial charge in [-0.2, -0.15) is 0 Å². The molecule has 2 N–H and O–H groups in total. The van der Waals surface area contributed by atoms with Gasteiger partial charge in [-0.25, -0.2) is 0 Å². The number of aliphatic hydroxyl groups is 1. The third kappa shape index (κ3) is 49.5. The van der Waals surface area contributed by atoms with E-state index in [0.717, 1.165) is 51.4 Å². The van der Waals surface area contributed by atoms with Crippen molar-refractivity contribution in [1.82, 2.24) is 5.32 Å². The Morgan fingerprint density at radius 2 is 0.633 bits per heavy atom. The number of hydrogen-bond acceptors (Lipinski definition) is 3. The maximum atomic E-state index is 12.4. The minimum Gasteiger partial charge on any atom is -0.394 e. The van der Waals surface area contributed by atoms with Gasteiger partial charge in [0.2, 0.25) is 5.91 Å². The first kappa shape index (κ1) is 58.8. The molecular weight excluding hydrogens is 735 g/mol. The van der Waals surface area contributed by atoms with Crippen molar-refractivity contribution in [2.45, 2.75) is 328 Å². The third-order valence-corrected chi connectivity index (χ3v) is 13.1. The number of rotatable bonds is 52. The number of Topliss-reactive ketones (excluding diaryl/α,β-unsaturated/α-hetero) is 1. The van der Waals surface area contributed by atoms with Crippen molar-refractivity contribution in [1.29, 1.82) is 0 Å². The second-order valence-electron chi connectivity index (χ2n) is 19.2. The largest absolute Gasteiger partial charge is 0.394 e. The summed E-state index contributed by atoms with van der Waals surface area (Å²) in [7, 11) is 0. The van der Waals surface area contributed by atoms with E-state index in [0.29, 0.717) is 12.2 Å². The molecule has 1 atom stereocenters. The van der Waals surface area contributed by atoms with E-state index < -0.39 is 0 Å². The van der Waals surface area contributed by atoms with Crippen LogP contribution in [0.15, 0.2) is 12.2 Å². The molecule has 0 aliphatic carbocycles. The van der Waals surface area contributed by atoms with Crippen molar-refractivity contribution in [3.63, 3.8) is 0 Å². The molecule has 0 saturated carbocycles. The predicted octanol–water partition coefficient (Wildman–Crippen LogP) is 18.4. The van der Waals surface area contributed by atoms with E-state index >= 15 is 0 Å². The monoisotopic (exact) mass is 844 g/mol. The van der Waals surface area contributed by atoms with Crippen molar-refractivity contribution in [2.75, 3.05) is 6.61 Å². The summed E-state index contributed by atoms with van der Waals surface area (Å²) in [6.07, 6.45) is 65.9. The fraction of sp³-hybridized carbons (Fsp3) is 0.929. The Bertz CT molecular complexity index is 871. The van der Waals surface area contributed by atoms with Gasteiger partial charge in [-0.15, -0.1) is 0 Å². The average molecular weight is 844 g/mol. The van der Waals surface area contributed by atoms with Gasteiger partial charge >= 0.3 is 0 Å². The maximum Gasteiger partial charge on any atom is 0.220 e. The second-order valence-corrected chi connectivity index (χ2v) is 19.2. The van der Waals surface area contributed by atoms with E-state index in [9.17, 15) is 14.7 Å². The molecule has 0 fully saturated rings. The van der Waals surface area contributed by atoms with Crippen LogP contribution in [0.25, 0.3) is 0 Å². The number of carbonyl (C=O) groups is 2. The van der Waals surface area contributed by atoms with Crippen LogP contribution >= 0.6 is 0 Å². The summed E-state index contributed by atoms with van der Waals surface area (Å²) in [5.74, 6) is 0.621. The van der Waals surface area contributed by atoms with E-state index in [1.807, 2.05) is 0 Å². The van der Waals surface area contributed by atoms with E-state index in [2.05, 4.69) is 31.3 Å². The Labute approximate surface area is 377 Å². The van der Waals surface area contributed by atoms with Crippen molar-refractivity contribution in [3.8, 4) is 0 Å². The van der Waals surface area contributed by atoms with Gasteiger partial charge in [0.25, 0.3) is 0 Å². The van der Waals surface area contributed by atoms with Crippen LogP contribution in [-0.4, -0.2) is 29.4 Å². The van der Waals surface area contributed by atoms with Crippen molar-refractivity contribution in [3.05, 3.63) is 12.2 Å². The molecule has 0 aromatic carbocycles. The zero-order chi connectivity index (χ0) is 43.5. The number of allylic oxidation sites excluding steroid dienone is 2. The summed E-state index contributed by atoms with van der Waals surface area (Å²) in [5.41, 5.74) is 0. The minimum absolute atomic E-state index is 0.0595. The lowest BCUT2D eigenvalue weighted by Crippen LogP contribution is -2.37. The van der Waals surface area contributed by atoms with Crippen LogP contribution in [0.2, 0.25) is 0 Å². The number of nitrogens with one attached hydrogen (secondary N) is 1. The molecule has 0 aromatic rings. The number of ketones is 1. The molecule has 0 rings (SSSR count). The zero-order valence-electron chi connectivity index (χ0n) is 41.1. The van der Waals surface area contributed by atoms with Gasteiger partial charge in [0, 0.05) is 19.3 Å². The Kier molecular flexibility index (Phi) is 51.2. The normalized spacial score (nSPS) is 12.2. The van der Waals surface area contributed by atoms with Gasteiger partial charge in [-0.1, -0.05) is 264 Å². The summed E-state index contributed by atoms with van der Waals surface area (Å²) < 4.78 is 0. The Hall–Kier alpha value is -1.16. The number of unbranched alkanes of at least 4 members (excludes halogenated alkanes) is 40. The van der Waals surface area contributed by atoms with Crippen LogP contribution < -0.4 is 5.32 Å². The van der Waals surface area contributed by atoms with Gasteiger partial charge in [0.1, 0.15) is 5.78 Å². The second kappa shape index (κ2) is 52.2. The summed E-state index contributed by atoms with van der Waals surface area (Å²) >= 11 is 0. The molecule has 0 bridgehead atoms. The molecule has 356 valence electrons. The number of aliphatic hydroxyl groups excluding tert-OH is 1. The number of carbonyl (C=O) groups excluding carboxylic acids is 2. The molecule has 0 unspecified atom stereocenters. The molecule has 0 saturated heterocycles. The molecule has 60 heavy (non-hydrogen) atoms. The third-order valence-electron chi connectivity index (χ3n) is 13.1. The minimum atomic E-state index is -0.0686. The first-order chi connectivity index (χ1) is 29.6. The van der Waals surface area contributed by atoms with E-state index in [1.165, 1.54) is 250 Å². The average Bonchev–Trinajstić information content (AvgIpc) is 3.25. The van der Waals surface area contributed by atoms with Crippen LogP contribution in [0, 0.1) is 0 Å². The topological polar surface area (TPSA) is 66.4 Å². The Morgan fingerprint density at radius 1 is 0.367 bits per heavy atom. The zero-order valence-corrected chi connectivity index (χ0v) is 41.1. The first-order valence-electron chi connectivity index (χ1n) is 27.7. The first-order valence-corrected chi connectivity index (χ1v) is 27.7. The van der Waals surface area contributed by atoms with Crippen molar-refractivity contribution in [2.24, 2.45) is 0 Å². The van der Waals surface area contributed by atoms with Gasteiger partial charge in [0.15, 0.2) is 0 Å². The van der Waals surface area contributed by atoms with Crippen LogP contribution in [0.4, 0.5) is 0 Å². The van der Waals surface area contributed by atoms with Crippen molar-refractivity contribution < 1.29 is 14.7 Å². The molecule has 0 radical (unpaired) electrons. The molecular formula is C56H109NO3. The Morgan fingerprint density at radius 3 is 0.950 bits per heavy atom. The van der Waals surface area contributed by atoms with Gasteiger partial charge in [-0.3, -0.25) is 9.59 Å². The highest BCUT2D eigenvalue weighted by Crippen LogP contribution is 2.17. The van der Waals surface area contributed by atoms with E-state index in [-0.39, 0.29) is 18.6 Å². The van der Waals surface area contributed by atoms with E-state index in [1.54, 1.807) is 0 Å². The van der Waals surface area contributed by atoms with Crippen LogP contribution in [0.5, 0.6) is 0 Å². The maximum absolute atomic E-state index is 12.4. The SMILES string of the molecule is CCCCCCCCC=CCCCCCCCCCCCC(=O)CCCCCCCCCCCCCCCC(=O)N[C@H](CO)CCCCCCCCCCCCCCCC. The Balaban J connectivity index is 3.36. The molecule has 0 spiro atoms. The molecule has 4 nitrogen and oxygen atoms in total. The lowest BCUT2D eigenvalue weighted by atomic mass is 10.0. The molecule has 0 aliphatic heterocycles. The van der Waals surface area contributed by atoms with Gasteiger partial charge < -0.3 is 10.4 Å². The molecule has 1 amide bonds. The lowest BCUT2D eigenvalue weighted by molar-refractivity contribution is -0.122. The van der Waals surface area contributed by atoms with Gasteiger partial charge in [-0.05, 0) is 51.4 Å². The summed E-state index contributed by atoms with van der Waals surface area (Å²) in [6.45, 7) is 4.63. The van der Waals surface area contributed by atoms with Gasteiger partial charge in [0.05, 0.1) is 12.6 Å². The summed E-state index contributed by atoms with van der Waals surface area (Å²) in [5, 5.41) is 12.8. The molecule has 0 aromatic heterocycles. The standard InChI is InChI=1S/C56H109NO3/c1-3-5-7-9-11-13-15-17-19-20-21-22-23-26-30-34-38-42-46-50-55(59)51-47-43-39-35-31-27-24-28-32-36-40-44-48-52-56(60)57-54(53-58)49-45-41-37-33-29-25-18-16-14-12-10-8-6-4-2/h17,19,54,58H,3-16,18,20-53H2,1-2H3,(H,57,60)/t54-/m0/s1. The predicted molar refractivity (Wildman–Crippen MR) is 266 cm³/mol. The van der Waals surface area contributed by atoms with Crippen LogP contribution in [0.1, 0.15) is 322 Å². The highest BCUT2D eigenvalue weighted by molar-refractivity contribution is 5.78. The lowest BCUT2D eigenvalue weighted by Gasteiger charge is -2.16. The highest BCUT2D eigenvalue weighted by Gasteiger charge is 2.11. The molecule has 0 heterocycles. The fourth-order valence-corrected chi connectivity index (χ4v) is 8.87. The summed E-state index contributed by atoms with van der Waals surface area (Å²) in [4.78, 5) is 24.7. The highest BCUT2D eigenvalue weighted by atomic mass is 16.3. The number of hydrogen-bond donors (Lipinski definition) is 2. The molecule has 4 heteroatoms. The van der Waals surface area contributed by atoms with Crippen molar-refractivity contribution >= 4 is 11.7 Å². The quantitative estimate of drug-likeness (QED) is 0.0473. The van der Waals surface area contributed by atoms with Crippen LogP contribution in [-0.2, 0) is 9.59 Å².